The molecule has 7 heavy (non-hydrogen) atoms. The smallest absolute Gasteiger partial charge is 0.105 e. The molecule has 0 aliphatic rings. The Balaban J connectivity index is 3.23. The fourth-order valence-electron chi connectivity index (χ4n) is 0.119. The van der Waals surface area contributed by atoms with Gasteiger partial charge in [-0.3, -0.25) is 0 Å². The molecular formula is C4H6ClNO. The lowest BCUT2D eigenvalue weighted by Gasteiger charge is -1.98. The lowest BCUT2D eigenvalue weighted by atomic mass is 10.4. The fourth-order valence-corrected chi connectivity index (χ4v) is 0.251. The first-order valence-corrected chi connectivity index (χ1v) is 2.16. The molecule has 0 fully saturated rings. The lowest BCUT2D eigenvalue weighted by Crippen LogP contribution is -2.22. The van der Waals surface area contributed by atoms with Gasteiger partial charge in [0.2, 0.25) is 0 Å². The van der Waals surface area contributed by atoms with E-state index in [9.17, 15) is 0 Å². The van der Waals surface area contributed by atoms with E-state index < -0.39 is 6.04 Å². The predicted octanol–water partition coefficient (Wildman–Crippen LogP) is -0.276. The van der Waals surface area contributed by atoms with Crippen LogP contribution in [-0.4, -0.2) is 17.8 Å². The Labute approximate surface area is 47.6 Å². The molecule has 1 unspecified atom stereocenters. The number of aliphatic hydroxyl groups excluding tert-OH is 1. The number of hydrogen-bond donors (Lipinski definition) is 2. The fraction of sp³-hybridized carbons (Fsp3) is 0.500. The summed E-state index contributed by atoms with van der Waals surface area (Å²) in [6.07, 6.45) is 4.84. The average Bonchev–Trinajstić information content (AvgIpc) is 1.72. The molecule has 3 heteroatoms. The number of rotatable bonds is 2. The summed E-state index contributed by atoms with van der Waals surface area (Å²) in [6.45, 7) is -0.125. The average molecular weight is 120 g/mol. The maximum Gasteiger partial charge on any atom is 0.105 e. The summed E-state index contributed by atoms with van der Waals surface area (Å²) in [5.74, 6) is 2.21. The molecule has 0 saturated heterocycles. The molecule has 0 aliphatic carbocycles. The number of hydrogen-bond acceptors (Lipinski definition) is 2. The van der Waals surface area contributed by atoms with Gasteiger partial charge in [-0.05, 0) is 11.8 Å². The Hall–Kier alpha value is -0.230. The normalized spacial score (nSPS) is 12.7. The van der Waals surface area contributed by atoms with Crippen molar-refractivity contribution < 1.29 is 5.11 Å². The van der Waals surface area contributed by atoms with Gasteiger partial charge >= 0.3 is 0 Å². The van der Waals surface area contributed by atoms with Gasteiger partial charge in [-0.2, -0.15) is 0 Å². The van der Waals surface area contributed by atoms with Crippen LogP contribution in [0.15, 0.2) is 0 Å². The van der Waals surface area contributed by atoms with Gasteiger partial charge in [-0.1, -0.05) is 5.92 Å². The molecule has 0 saturated carbocycles. The lowest BCUT2D eigenvalue weighted by molar-refractivity contribution is 0.281. The van der Waals surface area contributed by atoms with Gasteiger partial charge in [-0.15, -0.1) is 6.42 Å². The maximum absolute atomic E-state index is 8.24. The molecule has 0 bridgehead atoms. The third-order valence-corrected chi connectivity index (χ3v) is 0.779. The predicted molar refractivity (Wildman–Crippen MR) is 28.7 cm³/mol. The minimum atomic E-state index is -0.415. The summed E-state index contributed by atoms with van der Waals surface area (Å²) < 4.78 is 0. The van der Waals surface area contributed by atoms with Crippen LogP contribution in [0.25, 0.3) is 0 Å². The number of aliphatic hydroxyl groups is 1. The zero-order valence-electron chi connectivity index (χ0n) is 3.69. The molecule has 0 aromatic rings. The van der Waals surface area contributed by atoms with Crippen LogP contribution in [0.2, 0.25) is 0 Å². The van der Waals surface area contributed by atoms with E-state index in [1.165, 1.54) is 0 Å². The summed E-state index contributed by atoms with van der Waals surface area (Å²) in [5.41, 5.74) is 0. The molecule has 0 rings (SSSR count). The third kappa shape index (κ3) is 2.46. The van der Waals surface area contributed by atoms with E-state index in [0.29, 0.717) is 0 Å². The van der Waals surface area contributed by atoms with Gasteiger partial charge in [0, 0.05) is 0 Å². The van der Waals surface area contributed by atoms with Gasteiger partial charge in [0.1, 0.15) is 6.04 Å². The van der Waals surface area contributed by atoms with Crippen molar-refractivity contribution in [1.82, 2.24) is 4.84 Å². The Morgan fingerprint density at radius 1 is 2.00 bits per heavy atom. The molecular weight excluding hydrogens is 114 g/mol. The maximum atomic E-state index is 8.24. The van der Waals surface area contributed by atoms with Crippen molar-refractivity contribution >= 4 is 11.8 Å². The zero-order chi connectivity index (χ0) is 5.70. The molecule has 0 aliphatic heterocycles. The highest BCUT2D eigenvalue weighted by molar-refractivity contribution is 6.13. The van der Waals surface area contributed by atoms with Crippen LogP contribution in [0, 0.1) is 12.3 Å². The zero-order valence-corrected chi connectivity index (χ0v) is 4.44. The highest BCUT2D eigenvalue weighted by atomic mass is 35.5. The van der Waals surface area contributed by atoms with Crippen molar-refractivity contribution in [3.8, 4) is 12.3 Å². The van der Waals surface area contributed by atoms with Crippen LogP contribution in [0.3, 0.4) is 0 Å². The van der Waals surface area contributed by atoms with Crippen LogP contribution in [0.4, 0.5) is 0 Å². The second kappa shape index (κ2) is 3.94. The summed E-state index contributed by atoms with van der Waals surface area (Å²) in [6, 6.07) is -0.415. The van der Waals surface area contributed by atoms with Crippen molar-refractivity contribution in [2.45, 2.75) is 6.04 Å². The third-order valence-electron chi connectivity index (χ3n) is 0.515. The van der Waals surface area contributed by atoms with E-state index in [0.717, 1.165) is 0 Å². The van der Waals surface area contributed by atoms with Crippen LogP contribution < -0.4 is 4.84 Å². The van der Waals surface area contributed by atoms with E-state index in [1.54, 1.807) is 0 Å². The Bertz CT molecular complexity index is 74.2. The van der Waals surface area contributed by atoms with Gasteiger partial charge in [0.05, 0.1) is 6.61 Å². The molecule has 0 amide bonds. The van der Waals surface area contributed by atoms with Crippen molar-refractivity contribution in [1.29, 1.82) is 0 Å². The summed E-state index contributed by atoms with van der Waals surface area (Å²) in [4.78, 5) is 2.19. The van der Waals surface area contributed by atoms with Crippen LogP contribution in [0.1, 0.15) is 0 Å². The highest BCUT2D eigenvalue weighted by Gasteiger charge is 1.94. The summed E-state index contributed by atoms with van der Waals surface area (Å²) >= 11 is 5.02. The summed E-state index contributed by atoms with van der Waals surface area (Å²) in [7, 11) is 0. The SMILES string of the molecule is C#CC(CO)NCl. The van der Waals surface area contributed by atoms with Crippen molar-refractivity contribution in [3.05, 3.63) is 0 Å². The van der Waals surface area contributed by atoms with Gasteiger partial charge < -0.3 is 5.11 Å². The highest BCUT2D eigenvalue weighted by Crippen LogP contribution is 1.76. The van der Waals surface area contributed by atoms with E-state index in [2.05, 4.69) is 10.8 Å². The molecule has 0 radical (unpaired) electrons. The van der Waals surface area contributed by atoms with Crippen molar-refractivity contribution in [3.63, 3.8) is 0 Å². The van der Waals surface area contributed by atoms with Crippen LogP contribution in [0.5, 0.6) is 0 Å². The minimum absolute atomic E-state index is 0.125. The van der Waals surface area contributed by atoms with E-state index in [-0.39, 0.29) is 6.61 Å². The first kappa shape index (κ1) is 6.77. The van der Waals surface area contributed by atoms with E-state index in [1.807, 2.05) is 0 Å². The number of halogens is 1. The van der Waals surface area contributed by atoms with Gasteiger partial charge in [-0.25, -0.2) is 4.84 Å². The largest absolute Gasteiger partial charge is 0.394 e. The monoisotopic (exact) mass is 119 g/mol. The first-order chi connectivity index (χ1) is 3.35. The van der Waals surface area contributed by atoms with Gasteiger partial charge in [0.15, 0.2) is 0 Å². The van der Waals surface area contributed by atoms with Crippen molar-refractivity contribution in [2.75, 3.05) is 6.61 Å². The van der Waals surface area contributed by atoms with Crippen LogP contribution in [-0.2, 0) is 0 Å². The molecule has 2 nitrogen and oxygen atoms in total. The standard InChI is InChI=1S/C4H6ClNO/c1-2-4(3-7)6-5/h1,4,6-7H,3H2. The topological polar surface area (TPSA) is 32.3 Å². The molecule has 1 atom stereocenters. The van der Waals surface area contributed by atoms with Crippen LogP contribution >= 0.6 is 11.8 Å². The Kier molecular flexibility index (Phi) is 3.81. The second-order valence-corrected chi connectivity index (χ2v) is 1.23. The quantitative estimate of drug-likeness (QED) is 0.387. The Morgan fingerprint density at radius 3 is 2.57 bits per heavy atom. The van der Waals surface area contributed by atoms with E-state index >= 15 is 0 Å². The van der Waals surface area contributed by atoms with E-state index in [4.69, 9.17) is 23.3 Å². The number of nitrogens with one attached hydrogen (secondary N) is 1. The van der Waals surface area contributed by atoms with Crippen molar-refractivity contribution in [2.24, 2.45) is 0 Å². The molecule has 2 N–H and O–H groups in total. The first-order valence-electron chi connectivity index (χ1n) is 1.78. The summed E-state index contributed by atoms with van der Waals surface area (Å²) in [5, 5.41) is 8.24. The number of terminal acetylenes is 1. The molecule has 40 valence electrons. The molecule has 0 heterocycles. The van der Waals surface area contributed by atoms with Gasteiger partial charge in [0.25, 0.3) is 0 Å². The molecule has 0 aromatic heterocycles. The molecule has 0 spiro atoms. The minimum Gasteiger partial charge on any atom is -0.394 e. The Morgan fingerprint density at radius 2 is 2.57 bits per heavy atom. The second-order valence-electron chi connectivity index (χ2n) is 1.01. The molecule has 0 aromatic carbocycles.